The lowest BCUT2D eigenvalue weighted by molar-refractivity contribution is -0.126. The molecule has 3 aromatic rings. The van der Waals surface area contributed by atoms with E-state index in [0.29, 0.717) is 25.2 Å². The van der Waals surface area contributed by atoms with E-state index in [2.05, 4.69) is 52.0 Å². The number of aryl methyl sites for hydroxylation is 1. The molecule has 6 nitrogen and oxygen atoms in total. The van der Waals surface area contributed by atoms with E-state index in [0.717, 1.165) is 37.2 Å². The summed E-state index contributed by atoms with van der Waals surface area (Å²) < 4.78 is 0. The van der Waals surface area contributed by atoms with Crippen LogP contribution in [0, 0.1) is 0 Å². The first-order valence-corrected chi connectivity index (χ1v) is 12.3. The summed E-state index contributed by atoms with van der Waals surface area (Å²) in [5.74, 6) is 0.650. The monoisotopic (exact) mass is 466 g/mol. The number of fused-ring (bicyclic) bond motifs is 3. The molecule has 2 N–H and O–H groups in total. The maximum absolute atomic E-state index is 12.5. The molecule has 3 aliphatic rings. The fraction of sp³-hybridized carbons (Fsp3) is 0.276. The van der Waals surface area contributed by atoms with E-state index in [4.69, 9.17) is 0 Å². The van der Waals surface area contributed by atoms with E-state index in [9.17, 15) is 9.59 Å². The van der Waals surface area contributed by atoms with E-state index in [-0.39, 0.29) is 11.8 Å². The zero-order valence-electron chi connectivity index (χ0n) is 19.8. The van der Waals surface area contributed by atoms with Crippen molar-refractivity contribution in [1.29, 1.82) is 0 Å². The van der Waals surface area contributed by atoms with Crippen molar-refractivity contribution in [2.24, 2.45) is 0 Å². The van der Waals surface area contributed by atoms with Crippen molar-refractivity contribution in [1.82, 2.24) is 15.2 Å². The summed E-state index contributed by atoms with van der Waals surface area (Å²) in [6.07, 6.45) is 8.34. The minimum atomic E-state index is 0.00356. The Morgan fingerprint density at radius 2 is 1.63 bits per heavy atom. The van der Waals surface area contributed by atoms with Crippen LogP contribution in [0.15, 0.2) is 66.9 Å². The third-order valence-corrected chi connectivity index (χ3v) is 6.73. The van der Waals surface area contributed by atoms with Gasteiger partial charge in [0.2, 0.25) is 11.8 Å². The molecule has 4 heterocycles. The molecule has 0 fully saturated rings. The molecule has 35 heavy (non-hydrogen) atoms. The van der Waals surface area contributed by atoms with Gasteiger partial charge in [0.05, 0.1) is 0 Å². The van der Waals surface area contributed by atoms with Crippen molar-refractivity contribution in [3.8, 4) is 0 Å². The van der Waals surface area contributed by atoms with Crippen LogP contribution in [0.2, 0.25) is 0 Å². The second kappa shape index (κ2) is 10.7. The molecule has 0 unspecified atom stereocenters. The van der Waals surface area contributed by atoms with Gasteiger partial charge in [-0.1, -0.05) is 48.5 Å². The third kappa shape index (κ3) is 5.66. The number of aromatic nitrogens is 1. The van der Waals surface area contributed by atoms with Crippen LogP contribution in [0.5, 0.6) is 0 Å². The molecule has 2 aromatic carbocycles. The highest BCUT2D eigenvalue weighted by Crippen LogP contribution is 2.22. The fourth-order valence-corrected chi connectivity index (χ4v) is 4.74. The van der Waals surface area contributed by atoms with E-state index in [1.807, 2.05) is 23.1 Å². The van der Waals surface area contributed by atoms with Gasteiger partial charge in [-0.05, 0) is 71.3 Å². The smallest absolute Gasteiger partial charge is 0.246 e. The van der Waals surface area contributed by atoms with Crippen molar-refractivity contribution in [2.45, 2.75) is 38.8 Å². The summed E-state index contributed by atoms with van der Waals surface area (Å²) in [6.45, 7) is 3.59. The average Bonchev–Trinajstić information content (AvgIpc) is 2.92. The first-order valence-electron chi connectivity index (χ1n) is 12.3. The Morgan fingerprint density at radius 1 is 0.886 bits per heavy atom. The van der Waals surface area contributed by atoms with E-state index < -0.39 is 0 Å². The lowest BCUT2D eigenvalue weighted by atomic mass is 10.00. The Labute approximate surface area is 206 Å². The molecule has 2 amide bonds. The Kier molecular flexibility index (Phi) is 7.00. The minimum absolute atomic E-state index is 0.00356. The summed E-state index contributed by atoms with van der Waals surface area (Å²) in [6, 6.07) is 18.9. The van der Waals surface area contributed by atoms with Crippen LogP contribution >= 0.6 is 0 Å². The standard InChI is InChI=1S/C20H19N3O2.C9H11N/c24-18-7-6-16-11-14(12-21-20(16)22-18)5-8-19(25)23-10-9-15-3-1-2-4-17(15)13-23;1-2-4-9-7-10-6-5-8(9)3-1/h1-5,8,11-12H,6-7,9-10,13H2,(H,21,22,24);1-4,10H,5-7H2/b8-5+;. The number of carbonyl (C=O) groups excluding carboxylic acids is 2. The SMILES string of the molecule is O=C1CCc2cc(/C=C/C(=O)N3CCc4ccccc4C3)cnc2N1.c1ccc2c(c1)CCNC2. The molecule has 178 valence electrons. The first kappa shape index (κ1) is 23.0. The van der Waals surface area contributed by atoms with Gasteiger partial charge >= 0.3 is 0 Å². The van der Waals surface area contributed by atoms with Gasteiger partial charge < -0.3 is 15.5 Å². The summed E-state index contributed by atoms with van der Waals surface area (Å²) in [5.41, 5.74) is 7.43. The zero-order valence-corrected chi connectivity index (χ0v) is 19.8. The first-order chi connectivity index (χ1) is 17.2. The zero-order chi connectivity index (χ0) is 24.0. The van der Waals surface area contributed by atoms with Gasteiger partial charge in [-0.3, -0.25) is 9.59 Å². The quantitative estimate of drug-likeness (QED) is 0.562. The Bertz CT molecular complexity index is 1240. The highest BCUT2D eigenvalue weighted by molar-refractivity contribution is 5.94. The number of rotatable bonds is 2. The predicted molar refractivity (Wildman–Crippen MR) is 138 cm³/mol. The third-order valence-electron chi connectivity index (χ3n) is 6.73. The van der Waals surface area contributed by atoms with Crippen LogP contribution in [0.1, 0.15) is 39.8 Å². The van der Waals surface area contributed by atoms with Crippen LogP contribution in [0.25, 0.3) is 6.08 Å². The topological polar surface area (TPSA) is 74.3 Å². The molecule has 1 aromatic heterocycles. The summed E-state index contributed by atoms with van der Waals surface area (Å²) >= 11 is 0. The molecule has 6 rings (SSSR count). The summed E-state index contributed by atoms with van der Waals surface area (Å²) in [7, 11) is 0. The molecular formula is C29H30N4O2. The molecule has 0 bridgehead atoms. The lowest BCUT2D eigenvalue weighted by Gasteiger charge is -2.27. The van der Waals surface area contributed by atoms with Crippen molar-refractivity contribution in [3.05, 3.63) is 100 Å². The van der Waals surface area contributed by atoms with Crippen LogP contribution in [0.4, 0.5) is 5.82 Å². The van der Waals surface area contributed by atoms with Crippen LogP contribution in [-0.2, 0) is 41.9 Å². The molecule has 3 aliphatic heterocycles. The number of pyridine rings is 1. The number of hydrogen-bond acceptors (Lipinski definition) is 4. The van der Waals surface area contributed by atoms with Crippen LogP contribution in [0.3, 0.4) is 0 Å². The maximum atomic E-state index is 12.5. The van der Waals surface area contributed by atoms with Crippen molar-refractivity contribution < 1.29 is 9.59 Å². The number of anilines is 1. The second-order valence-corrected chi connectivity index (χ2v) is 9.13. The van der Waals surface area contributed by atoms with E-state index in [1.165, 1.54) is 28.7 Å². The van der Waals surface area contributed by atoms with Crippen molar-refractivity contribution in [2.75, 3.05) is 18.4 Å². The van der Waals surface area contributed by atoms with Crippen LogP contribution in [-0.4, -0.2) is 34.8 Å². The molecule has 6 heteroatoms. The van der Waals surface area contributed by atoms with Gasteiger partial charge in [0.25, 0.3) is 0 Å². The Hall–Kier alpha value is -3.77. The van der Waals surface area contributed by atoms with Crippen LogP contribution < -0.4 is 10.6 Å². The lowest BCUT2D eigenvalue weighted by Crippen LogP contribution is -2.34. The van der Waals surface area contributed by atoms with E-state index in [1.54, 1.807) is 18.3 Å². The summed E-state index contributed by atoms with van der Waals surface area (Å²) in [5, 5.41) is 6.10. The minimum Gasteiger partial charge on any atom is -0.334 e. The molecule has 0 spiro atoms. The predicted octanol–water partition coefficient (Wildman–Crippen LogP) is 3.90. The molecule has 0 saturated carbocycles. The van der Waals surface area contributed by atoms with Crippen molar-refractivity contribution in [3.63, 3.8) is 0 Å². The number of benzene rings is 2. The van der Waals surface area contributed by atoms with Crippen molar-refractivity contribution >= 4 is 23.7 Å². The summed E-state index contributed by atoms with van der Waals surface area (Å²) in [4.78, 5) is 30.0. The number of nitrogens with zero attached hydrogens (tertiary/aromatic N) is 2. The largest absolute Gasteiger partial charge is 0.334 e. The maximum Gasteiger partial charge on any atom is 0.246 e. The Morgan fingerprint density at radius 3 is 2.43 bits per heavy atom. The average molecular weight is 467 g/mol. The number of carbonyl (C=O) groups is 2. The van der Waals surface area contributed by atoms with Gasteiger partial charge in [-0.15, -0.1) is 0 Å². The molecule has 0 radical (unpaired) electrons. The molecular weight excluding hydrogens is 436 g/mol. The van der Waals surface area contributed by atoms with Gasteiger partial charge in [0, 0.05) is 38.3 Å². The number of hydrogen-bond donors (Lipinski definition) is 2. The highest BCUT2D eigenvalue weighted by atomic mass is 16.2. The number of nitrogens with one attached hydrogen (secondary N) is 2. The van der Waals surface area contributed by atoms with Gasteiger partial charge in [-0.25, -0.2) is 4.98 Å². The second-order valence-electron chi connectivity index (χ2n) is 9.13. The van der Waals surface area contributed by atoms with Gasteiger partial charge in [-0.2, -0.15) is 0 Å². The van der Waals surface area contributed by atoms with Gasteiger partial charge in [0.1, 0.15) is 5.82 Å². The molecule has 0 saturated heterocycles. The number of amides is 2. The van der Waals surface area contributed by atoms with E-state index >= 15 is 0 Å². The molecule has 0 aliphatic carbocycles. The fourth-order valence-electron chi connectivity index (χ4n) is 4.74. The Balaban J connectivity index is 0.000000211. The molecule has 0 atom stereocenters. The highest BCUT2D eigenvalue weighted by Gasteiger charge is 2.19. The van der Waals surface area contributed by atoms with Gasteiger partial charge in [0.15, 0.2) is 0 Å². The normalized spacial score (nSPS) is 16.3.